The summed E-state index contributed by atoms with van der Waals surface area (Å²) in [4.78, 5) is 2.44. The monoisotopic (exact) mass is 262 g/mol. The van der Waals surface area contributed by atoms with Crippen LogP contribution in [-0.4, -0.2) is 37.7 Å². The number of rotatable bonds is 5. The first-order valence-corrected chi connectivity index (χ1v) is 7.27. The Kier molecular flexibility index (Phi) is 5.37. The molecule has 1 fully saturated rings. The van der Waals surface area contributed by atoms with Gasteiger partial charge in [-0.1, -0.05) is 29.8 Å². The molecule has 1 aromatic carbocycles. The predicted molar refractivity (Wildman–Crippen MR) is 79.2 cm³/mol. The summed E-state index contributed by atoms with van der Waals surface area (Å²) in [5, 5.41) is 0. The number of ether oxygens (including phenoxy) is 1. The topological polar surface area (TPSA) is 38.5 Å². The molecule has 0 saturated carbocycles. The van der Waals surface area contributed by atoms with Crippen molar-refractivity contribution < 1.29 is 4.74 Å². The summed E-state index contributed by atoms with van der Waals surface area (Å²) in [7, 11) is 2.21. The molecule has 1 aliphatic rings. The number of hydrogen-bond donors (Lipinski definition) is 1. The van der Waals surface area contributed by atoms with Crippen molar-refractivity contribution in [3.8, 4) is 0 Å². The van der Waals surface area contributed by atoms with Gasteiger partial charge in [0.25, 0.3) is 0 Å². The van der Waals surface area contributed by atoms with Crippen molar-refractivity contribution in [3.63, 3.8) is 0 Å². The minimum atomic E-state index is 0.142. The van der Waals surface area contributed by atoms with Crippen molar-refractivity contribution in [2.24, 2.45) is 5.73 Å². The van der Waals surface area contributed by atoms with Crippen LogP contribution in [-0.2, 0) is 4.74 Å². The Labute approximate surface area is 116 Å². The molecule has 3 nitrogen and oxygen atoms in total. The molecule has 0 amide bonds. The van der Waals surface area contributed by atoms with Crippen molar-refractivity contribution >= 4 is 0 Å². The van der Waals surface area contributed by atoms with Crippen molar-refractivity contribution in [1.29, 1.82) is 0 Å². The molecule has 0 aliphatic carbocycles. The van der Waals surface area contributed by atoms with Crippen LogP contribution in [0.2, 0.25) is 0 Å². The summed E-state index contributed by atoms with van der Waals surface area (Å²) in [6.07, 6.45) is 3.31. The molecule has 2 N–H and O–H groups in total. The number of hydrogen-bond acceptors (Lipinski definition) is 3. The lowest BCUT2D eigenvalue weighted by Gasteiger charge is -2.31. The van der Waals surface area contributed by atoms with Crippen LogP contribution < -0.4 is 5.73 Å². The molecule has 1 aliphatic heterocycles. The molecule has 3 heteroatoms. The van der Waals surface area contributed by atoms with Gasteiger partial charge in [0, 0.05) is 25.3 Å². The molecular formula is C16H26N2O. The summed E-state index contributed by atoms with van der Waals surface area (Å²) < 4.78 is 5.40. The molecule has 1 heterocycles. The van der Waals surface area contributed by atoms with Gasteiger partial charge >= 0.3 is 0 Å². The maximum Gasteiger partial charge on any atom is 0.0480 e. The molecule has 1 unspecified atom stereocenters. The Balaban J connectivity index is 1.79. The molecule has 2 rings (SSSR count). The lowest BCUT2D eigenvalue weighted by molar-refractivity contribution is 0.0422. The van der Waals surface area contributed by atoms with E-state index in [2.05, 4.69) is 43.1 Å². The van der Waals surface area contributed by atoms with E-state index in [0.29, 0.717) is 6.04 Å². The second kappa shape index (κ2) is 7.04. The van der Waals surface area contributed by atoms with Crippen LogP contribution in [0.4, 0.5) is 0 Å². The maximum absolute atomic E-state index is 6.27. The van der Waals surface area contributed by atoms with Crippen molar-refractivity contribution in [1.82, 2.24) is 4.90 Å². The first kappa shape index (κ1) is 14.5. The lowest BCUT2D eigenvalue weighted by atomic mass is 10.0. The summed E-state index contributed by atoms with van der Waals surface area (Å²) in [6.45, 7) is 4.96. The van der Waals surface area contributed by atoms with Gasteiger partial charge in [0.15, 0.2) is 0 Å². The smallest absolute Gasteiger partial charge is 0.0480 e. The number of benzene rings is 1. The molecule has 106 valence electrons. The number of nitrogens with two attached hydrogens (primary N) is 1. The highest BCUT2D eigenvalue weighted by atomic mass is 16.5. The Hall–Kier alpha value is -0.900. The van der Waals surface area contributed by atoms with Gasteiger partial charge in [0.1, 0.15) is 0 Å². The van der Waals surface area contributed by atoms with E-state index in [-0.39, 0.29) is 6.04 Å². The zero-order valence-corrected chi connectivity index (χ0v) is 12.1. The van der Waals surface area contributed by atoms with E-state index in [1.807, 2.05) is 0 Å². The van der Waals surface area contributed by atoms with Crippen LogP contribution in [0.3, 0.4) is 0 Å². The van der Waals surface area contributed by atoms with E-state index in [1.54, 1.807) is 0 Å². The van der Waals surface area contributed by atoms with Crippen LogP contribution in [0.15, 0.2) is 24.3 Å². The second-order valence-electron chi connectivity index (χ2n) is 5.63. The number of nitrogens with zero attached hydrogens (tertiary/aromatic N) is 1. The minimum Gasteiger partial charge on any atom is -0.381 e. The fourth-order valence-corrected chi connectivity index (χ4v) is 2.63. The maximum atomic E-state index is 6.27. The van der Waals surface area contributed by atoms with Crippen molar-refractivity contribution in [2.45, 2.75) is 38.3 Å². The minimum absolute atomic E-state index is 0.142. The Bertz CT molecular complexity index is 371. The van der Waals surface area contributed by atoms with Crippen LogP contribution >= 0.6 is 0 Å². The Morgan fingerprint density at radius 2 is 1.89 bits per heavy atom. The van der Waals surface area contributed by atoms with Crippen molar-refractivity contribution in [3.05, 3.63) is 35.4 Å². The van der Waals surface area contributed by atoms with E-state index < -0.39 is 0 Å². The van der Waals surface area contributed by atoms with Crippen molar-refractivity contribution in [2.75, 3.05) is 26.8 Å². The van der Waals surface area contributed by atoms with Gasteiger partial charge in [0.2, 0.25) is 0 Å². The Morgan fingerprint density at radius 3 is 2.53 bits per heavy atom. The fourth-order valence-electron chi connectivity index (χ4n) is 2.63. The first-order chi connectivity index (χ1) is 9.16. The lowest BCUT2D eigenvalue weighted by Crippen LogP contribution is -2.38. The quantitative estimate of drug-likeness (QED) is 0.886. The van der Waals surface area contributed by atoms with Gasteiger partial charge in [-0.05, 0) is 45.3 Å². The fraction of sp³-hybridized carbons (Fsp3) is 0.625. The third-order valence-corrected chi connectivity index (χ3v) is 4.11. The standard InChI is InChI=1S/C16H26N2O/c1-13-3-5-14(6-4-13)16(17)7-10-18(2)15-8-11-19-12-9-15/h3-6,15-16H,7-12,17H2,1-2H3. The predicted octanol–water partition coefficient (Wildman–Crippen LogP) is 2.50. The van der Waals surface area contributed by atoms with Crippen LogP contribution in [0, 0.1) is 6.92 Å². The van der Waals surface area contributed by atoms with Gasteiger partial charge < -0.3 is 15.4 Å². The summed E-state index contributed by atoms with van der Waals surface area (Å²) in [6, 6.07) is 9.37. The first-order valence-electron chi connectivity index (χ1n) is 7.27. The zero-order chi connectivity index (χ0) is 13.7. The summed E-state index contributed by atoms with van der Waals surface area (Å²) in [5.74, 6) is 0. The third kappa shape index (κ3) is 4.30. The van der Waals surface area contributed by atoms with Gasteiger partial charge in [-0.15, -0.1) is 0 Å². The van der Waals surface area contributed by atoms with Gasteiger partial charge in [-0.25, -0.2) is 0 Å². The highest BCUT2D eigenvalue weighted by molar-refractivity contribution is 5.23. The molecule has 0 spiro atoms. The molecule has 0 aromatic heterocycles. The summed E-state index contributed by atoms with van der Waals surface area (Å²) >= 11 is 0. The highest BCUT2D eigenvalue weighted by Crippen LogP contribution is 2.18. The molecule has 0 radical (unpaired) electrons. The van der Waals surface area contributed by atoms with Gasteiger partial charge in [-0.2, -0.15) is 0 Å². The van der Waals surface area contributed by atoms with E-state index >= 15 is 0 Å². The molecule has 1 saturated heterocycles. The third-order valence-electron chi connectivity index (χ3n) is 4.11. The average molecular weight is 262 g/mol. The van der Waals surface area contributed by atoms with Gasteiger partial charge in [-0.3, -0.25) is 0 Å². The highest BCUT2D eigenvalue weighted by Gasteiger charge is 2.18. The summed E-state index contributed by atoms with van der Waals surface area (Å²) in [5.41, 5.74) is 8.80. The van der Waals surface area contributed by atoms with Crippen LogP contribution in [0.25, 0.3) is 0 Å². The average Bonchev–Trinajstić information content (AvgIpc) is 2.46. The van der Waals surface area contributed by atoms with Crippen LogP contribution in [0.5, 0.6) is 0 Å². The Morgan fingerprint density at radius 1 is 1.26 bits per heavy atom. The normalized spacial score (nSPS) is 18.7. The molecule has 19 heavy (non-hydrogen) atoms. The number of aryl methyl sites for hydroxylation is 1. The van der Waals surface area contributed by atoms with E-state index in [4.69, 9.17) is 10.5 Å². The molecular weight excluding hydrogens is 236 g/mol. The molecule has 1 aromatic rings. The zero-order valence-electron chi connectivity index (χ0n) is 12.1. The largest absolute Gasteiger partial charge is 0.381 e. The van der Waals surface area contributed by atoms with Gasteiger partial charge in [0.05, 0.1) is 0 Å². The van der Waals surface area contributed by atoms with Crippen LogP contribution in [0.1, 0.15) is 36.4 Å². The second-order valence-corrected chi connectivity index (χ2v) is 5.63. The molecule has 0 bridgehead atoms. The van der Waals surface area contributed by atoms with E-state index in [9.17, 15) is 0 Å². The van der Waals surface area contributed by atoms with E-state index in [0.717, 1.165) is 39.0 Å². The molecule has 1 atom stereocenters. The van der Waals surface area contributed by atoms with E-state index in [1.165, 1.54) is 11.1 Å². The SMILES string of the molecule is Cc1ccc(C(N)CCN(C)C2CCOCC2)cc1.